The van der Waals surface area contributed by atoms with Gasteiger partial charge in [-0.3, -0.25) is 4.31 Å². The molecule has 1 N–H and O–H groups in total. The van der Waals surface area contributed by atoms with Gasteiger partial charge in [0.15, 0.2) is 23.3 Å². The second-order valence-corrected chi connectivity index (χ2v) is 8.96. The summed E-state index contributed by atoms with van der Waals surface area (Å²) in [6.45, 7) is 2.27. The van der Waals surface area contributed by atoms with E-state index < -0.39 is 33.5 Å². The first kappa shape index (κ1) is 19.5. The molecule has 0 aliphatic carbocycles. The van der Waals surface area contributed by atoms with E-state index in [1.165, 1.54) is 13.9 Å². The first-order valence-corrected chi connectivity index (χ1v) is 10.4. The summed E-state index contributed by atoms with van der Waals surface area (Å²) in [5.74, 6) is -4.28. The molecule has 1 aromatic carbocycles. The molecule has 2 aliphatic rings. The highest BCUT2D eigenvalue weighted by atomic mass is 32.2. The molecule has 1 saturated heterocycles. The number of hydrogen-bond acceptors (Lipinski definition) is 5. The summed E-state index contributed by atoms with van der Waals surface area (Å²) in [4.78, 5) is 14.0. The van der Waals surface area contributed by atoms with Crippen molar-refractivity contribution >= 4 is 27.6 Å². The normalized spacial score (nSPS) is 20.6. The molecule has 0 spiro atoms. The van der Waals surface area contributed by atoms with E-state index in [1.807, 2.05) is 0 Å². The number of rotatable bonds is 2. The minimum atomic E-state index is -3.48. The van der Waals surface area contributed by atoms with Gasteiger partial charge in [-0.2, -0.15) is 0 Å². The van der Waals surface area contributed by atoms with Gasteiger partial charge in [0.1, 0.15) is 5.69 Å². The number of anilines is 2. The molecule has 29 heavy (non-hydrogen) atoms. The van der Waals surface area contributed by atoms with Crippen LogP contribution in [0.1, 0.15) is 19.0 Å². The smallest absolute Gasteiger partial charge is 0.314 e. The molecule has 2 aliphatic heterocycles. The van der Waals surface area contributed by atoms with Crippen molar-refractivity contribution in [3.63, 3.8) is 0 Å². The summed E-state index contributed by atoms with van der Waals surface area (Å²) in [5, 5.41) is 10.3. The van der Waals surface area contributed by atoms with E-state index in [9.17, 15) is 26.4 Å². The Kier molecular flexibility index (Phi) is 4.63. The summed E-state index contributed by atoms with van der Waals surface area (Å²) >= 11 is 0. The first-order chi connectivity index (χ1) is 13.7. The fourth-order valence-corrected chi connectivity index (χ4v) is 4.98. The van der Waals surface area contributed by atoms with Crippen LogP contribution in [0.15, 0.2) is 12.1 Å². The fourth-order valence-electron chi connectivity index (χ4n) is 3.45. The SMILES string of the molecule is CC1Cn2nnc(N3CCCS3(=O)=O)c2CN1C(=O)Nc1cc(F)c(F)c(F)c1. The van der Waals surface area contributed by atoms with Crippen molar-refractivity contribution in [1.29, 1.82) is 0 Å². The summed E-state index contributed by atoms with van der Waals surface area (Å²) < 4.78 is 67.1. The Morgan fingerprint density at radius 1 is 1.24 bits per heavy atom. The molecule has 1 unspecified atom stereocenters. The topological polar surface area (TPSA) is 100 Å². The largest absolute Gasteiger partial charge is 0.322 e. The van der Waals surface area contributed by atoms with Crippen LogP contribution in [0.5, 0.6) is 0 Å². The van der Waals surface area contributed by atoms with Crippen LogP contribution in [0.3, 0.4) is 0 Å². The Hall–Kier alpha value is -2.83. The number of aromatic nitrogens is 3. The minimum Gasteiger partial charge on any atom is -0.314 e. The molecule has 156 valence electrons. The van der Waals surface area contributed by atoms with Crippen molar-refractivity contribution in [2.75, 3.05) is 21.9 Å². The summed E-state index contributed by atoms with van der Waals surface area (Å²) in [7, 11) is -3.48. The standard InChI is InChI=1S/C16H17F3N6O3S/c1-9-7-24-13(15(21-22-24)25-3-2-4-29(25,27)28)8-23(9)16(26)20-10-5-11(17)14(19)12(18)6-10/h5-6,9H,2-4,7-8H2,1H3,(H,20,26). The van der Waals surface area contributed by atoms with Gasteiger partial charge in [-0.15, -0.1) is 5.10 Å². The number of urea groups is 1. The lowest BCUT2D eigenvalue weighted by Gasteiger charge is -2.34. The van der Waals surface area contributed by atoms with Crippen LogP contribution in [0.4, 0.5) is 29.5 Å². The van der Waals surface area contributed by atoms with E-state index in [0.29, 0.717) is 24.2 Å². The summed E-state index contributed by atoms with van der Waals surface area (Å²) in [5.41, 5.74) is 0.207. The van der Waals surface area contributed by atoms with Gasteiger partial charge < -0.3 is 10.2 Å². The lowest BCUT2D eigenvalue weighted by Crippen LogP contribution is -2.47. The number of fused-ring (bicyclic) bond motifs is 1. The molecule has 9 nitrogen and oxygen atoms in total. The van der Waals surface area contributed by atoms with Crippen LogP contribution in [0.2, 0.25) is 0 Å². The number of amides is 2. The average Bonchev–Trinajstić information content (AvgIpc) is 3.20. The van der Waals surface area contributed by atoms with Crippen molar-refractivity contribution in [3.05, 3.63) is 35.3 Å². The zero-order valence-corrected chi connectivity index (χ0v) is 16.1. The third kappa shape index (κ3) is 3.39. The first-order valence-electron chi connectivity index (χ1n) is 8.82. The Bertz CT molecular complexity index is 1070. The number of sulfonamides is 1. The summed E-state index contributed by atoms with van der Waals surface area (Å²) in [6, 6.07) is 0.325. The van der Waals surface area contributed by atoms with Crippen molar-refractivity contribution in [3.8, 4) is 0 Å². The lowest BCUT2D eigenvalue weighted by molar-refractivity contribution is 0.161. The number of benzene rings is 1. The van der Waals surface area contributed by atoms with Crippen LogP contribution in [-0.4, -0.2) is 52.7 Å². The van der Waals surface area contributed by atoms with Gasteiger partial charge in [0.25, 0.3) is 0 Å². The predicted molar refractivity (Wildman–Crippen MR) is 96.1 cm³/mol. The van der Waals surface area contributed by atoms with Gasteiger partial charge in [-0.25, -0.2) is 31.1 Å². The third-order valence-corrected chi connectivity index (χ3v) is 6.77. The molecule has 1 fully saturated rings. The van der Waals surface area contributed by atoms with Crippen LogP contribution in [0.25, 0.3) is 0 Å². The van der Waals surface area contributed by atoms with E-state index in [2.05, 4.69) is 15.6 Å². The van der Waals surface area contributed by atoms with Crippen LogP contribution >= 0.6 is 0 Å². The number of halogens is 3. The van der Waals surface area contributed by atoms with Gasteiger partial charge in [0.05, 0.1) is 24.9 Å². The Morgan fingerprint density at radius 2 is 1.93 bits per heavy atom. The van der Waals surface area contributed by atoms with E-state index in [0.717, 1.165) is 0 Å². The lowest BCUT2D eigenvalue weighted by atomic mass is 10.2. The molecule has 3 heterocycles. The minimum absolute atomic E-state index is 0.00644. The van der Waals surface area contributed by atoms with Gasteiger partial charge in [-0.1, -0.05) is 5.21 Å². The molecule has 2 amide bonds. The van der Waals surface area contributed by atoms with Gasteiger partial charge >= 0.3 is 6.03 Å². The van der Waals surface area contributed by atoms with E-state index in [-0.39, 0.29) is 42.9 Å². The molecule has 13 heteroatoms. The molecule has 2 aromatic rings. The molecule has 0 radical (unpaired) electrons. The van der Waals surface area contributed by atoms with Gasteiger partial charge in [0.2, 0.25) is 10.0 Å². The second kappa shape index (κ2) is 6.90. The van der Waals surface area contributed by atoms with Crippen LogP contribution in [-0.2, 0) is 23.1 Å². The molecule has 1 aromatic heterocycles. The monoisotopic (exact) mass is 430 g/mol. The highest BCUT2D eigenvalue weighted by Crippen LogP contribution is 2.30. The number of carbonyl (C=O) groups excluding carboxylic acids is 1. The Morgan fingerprint density at radius 3 is 2.55 bits per heavy atom. The summed E-state index contributed by atoms with van der Waals surface area (Å²) in [6.07, 6.45) is 0.469. The maximum atomic E-state index is 13.4. The number of nitrogens with one attached hydrogen (secondary N) is 1. The maximum Gasteiger partial charge on any atom is 0.322 e. The van der Waals surface area contributed by atoms with E-state index in [4.69, 9.17) is 0 Å². The van der Waals surface area contributed by atoms with Crippen molar-refractivity contribution in [2.45, 2.75) is 32.5 Å². The maximum absolute atomic E-state index is 13.4. The van der Waals surface area contributed by atoms with Crippen molar-refractivity contribution < 1.29 is 26.4 Å². The Balaban J connectivity index is 1.58. The molecule has 4 rings (SSSR count). The number of nitrogens with zero attached hydrogens (tertiary/aromatic N) is 5. The Labute approximate surface area is 164 Å². The van der Waals surface area contributed by atoms with E-state index >= 15 is 0 Å². The second-order valence-electron chi connectivity index (χ2n) is 6.94. The highest BCUT2D eigenvalue weighted by Gasteiger charge is 2.37. The molecular formula is C16H17F3N6O3S. The highest BCUT2D eigenvalue weighted by molar-refractivity contribution is 7.93. The third-order valence-electron chi connectivity index (χ3n) is 4.94. The zero-order valence-electron chi connectivity index (χ0n) is 15.3. The van der Waals surface area contributed by atoms with Gasteiger partial charge in [0, 0.05) is 24.4 Å². The fraction of sp³-hybridized carbons (Fsp3) is 0.438. The average molecular weight is 430 g/mol. The quantitative estimate of drug-likeness (QED) is 0.731. The van der Waals surface area contributed by atoms with Crippen molar-refractivity contribution in [1.82, 2.24) is 19.9 Å². The van der Waals surface area contributed by atoms with Crippen molar-refractivity contribution in [2.24, 2.45) is 0 Å². The number of hydrogen-bond donors (Lipinski definition) is 1. The van der Waals surface area contributed by atoms with E-state index in [1.54, 1.807) is 6.92 Å². The predicted octanol–water partition coefficient (Wildman–Crippen LogP) is 1.67. The number of carbonyl (C=O) groups is 1. The molecule has 1 atom stereocenters. The van der Waals surface area contributed by atoms with Crippen LogP contribution < -0.4 is 9.62 Å². The molecule has 0 saturated carbocycles. The zero-order chi connectivity index (χ0) is 20.9. The molecule has 0 bridgehead atoms. The van der Waals surface area contributed by atoms with Crippen LogP contribution in [0, 0.1) is 17.5 Å². The van der Waals surface area contributed by atoms with Gasteiger partial charge in [-0.05, 0) is 13.3 Å². The molecular weight excluding hydrogens is 413 g/mol.